The lowest BCUT2D eigenvalue weighted by Crippen LogP contribution is -2.51. The van der Waals surface area contributed by atoms with Gasteiger partial charge in [-0.1, -0.05) is 12.1 Å². The summed E-state index contributed by atoms with van der Waals surface area (Å²) < 4.78 is 1.96. The lowest BCUT2D eigenvalue weighted by atomic mass is 9.83. The summed E-state index contributed by atoms with van der Waals surface area (Å²) in [5.74, 6) is 0.903. The molecule has 0 amide bonds. The van der Waals surface area contributed by atoms with Crippen LogP contribution in [0.5, 0.6) is 0 Å². The molecule has 0 aliphatic carbocycles. The van der Waals surface area contributed by atoms with Crippen molar-refractivity contribution >= 4 is 28.7 Å². The van der Waals surface area contributed by atoms with Crippen LogP contribution in [0.2, 0.25) is 0 Å². The third-order valence-electron chi connectivity index (χ3n) is 4.76. The van der Waals surface area contributed by atoms with Gasteiger partial charge in [-0.15, -0.1) is 11.3 Å². The topological polar surface area (TPSA) is 37.3 Å². The number of thiocarbonyl (C=S) groups is 1. The van der Waals surface area contributed by atoms with Crippen molar-refractivity contribution in [2.24, 2.45) is 5.92 Å². The summed E-state index contributed by atoms with van der Waals surface area (Å²) in [4.78, 5) is 15.6. The molecule has 2 aromatic heterocycles. The lowest BCUT2D eigenvalue weighted by molar-refractivity contribution is 0.177. The molecular weight excluding hydrogens is 326 g/mol. The van der Waals surface area contributed by atoms with E-state index in [9.17, 15) is 4.79 Å². The fourth-order valence-corrected chi connectivity index (χ4v) is 4.62. The number of thiophene rings is 1. The largest absolute Gasteiger partial charge is 0.358 e. The van der Waals surface area contributed by atoms with Gasteiger partial charge in [-0.25, -0.2) is 0 Å². The molecule has 23 heavy (non-hydrogen) atoms. The molecule has 1 saturated heterocycles. The van der Waals surface area contributed by atoms with Gasteiger partial charge in [0.25, 0.3) is 5.56 Å². The number of fused-ring (bicyclic) bond motifs is 4. The van der Waals surface area contributed by atoms with E-state index in [1.54, 1.807) is 17.4 Å². The Hall–Kier alpha value is -1.66. The molecule has 6 heteroatoms. The van der Waals surface area contributed by atoms with E-state index in [0.717, 1.165) is 37.7 Å². The van der Waals surface area contributed by atoms with E-state index in [1.807, 2.05) is 10.6 Å². The van der Waals surface area contributed by atoms with Crippen molar-refractivity contribution in [3.63, 3.8) is 0 Å². The second-order valence-corrected chi connectivity index (χ2v) is 7.76. The van der Waals surface area contributed by atoms with Gasteiger partial charge in [-0.05, 0) is 42.1 Å². The number of piperidine rings is 1. The average molecular weight is 345 g/mol. The molecule has 120 valence electrons. The number of rotatable bonds is 2. The summed E-state index contributed by atoms with van der Waals surface area (Å²) in [7, 11) is 0. The van der Waals surface area contributed by atoms with E-state index in [4.69, 9.17) is 12.2 Å². The molecule has 2 aliphatic rings. The van der Waals surface area contributed by atoms with Crippen molar-refractivity contribution in [3.8, 4) is 0 Å². The summed E-state index contributed by atoms with van der Waals surface area (Å²) in [6.07, 6.45) is 1.16. The number of likely N-dealkylation sites (tertiary alicyclic amines) is 1. The van der Waals surface area contributed by atoms with Gasteiger partial charge in [0.2, 0.25) is 0 Å². The minimum absolute atomic E-state index is 0.129. The maximum absolute atomic E-state index is 12.1. The molecule has 1 N–H and O–H groups in total. The molecule has 4 rings (SSSR count). The molecule has 0 spiro atoms. The number of pyridine rings is 1. The molecule has 0 saturated carbocycles. The highest BCUT2D eigenvalue weighted by Gasteiger charge is 2.35. The van der Waals surface area contributed by atoms with Crippen molar-refractivity contribution in [1.82, 2.24) is 14.8 Å². The first-order valence-electron chi connectivity index (χ1n) is 7.95. The van der Waals surface area contributed by atoms with Crippen molar-refractivity contribution < 1.29 is 0 Å². The molecule has 4 nitrogen and oxygen atoms in total. The summed E-state index contributed by atoms with van der Waals surface area (Å²) in [5, 5.41) is 6.30. The van der Waals surface area contributed by atoms with Crippen LogP contribution in [0, 0.1) is 5.92 Å². The first-order valence-corrected chi connectivity index (χ1v) is 9.24. The van der Waals surface area contributed by atoms with E-state index in [0.29, 0.717) is 11.8 Å². The van der Waals surface area contributed by atoms with Gasteiger partial charge in [0, 0.05) is 42.2 Å². The Labute approximate surface area is 144 Å². The molecule has 2 aliphatic heterocycles. The Balaban J connectivity index is 1.47. The average Bonchev–Trinajstić information content (AvgIpc) is 3.07. The van der Waals surface area contributed by atoms with Gasteiger partial charge in [0.15, 0.2) is 5.11 Å². The molecule has 2 aromatic rings. The molecule has 4 heterocycles. The molecule has 0 radical (unpaired) electrons. The third-order valence-corrected chi connectivity index (χ3v) is 6.04. The molecule has 0 unspecified atom stereocenters. The Morgan fingerprint density at radius 1 is 1.26 bits per heavy atom. The minimum atomic E-state index is 0.129. The fraction of sp³-hybridized carbons (Fsp3) is 0.412. The van der Waals surface area contributed by atoms with Gasteiger partial charge in [0.05, 0.1) is 6.54 Å². The highest BCUT2D eigenvalue weighted by molar-refractivity contribution is 7.80. The normalized spacial score (nSPS) is 22.5. The van der Waals surface area contributed by atoms with E-state index in [-0.39, 0.29) is 5.56 Å². The van der Waals surface area contributed by atoms with E-state index in [1.165, 1.54) is 10.6 Å². The first kappa shape index (κ1) is 14.9. The predicted molar refractivity (Wildman–Crippen MR) is 96.9 cm³/mol. The monoisotopic (exact) mass is 345 g/mol. The van der Waals surface area contributed by atoms with Crippen molar-refractivity contribution in [2.75, 3.05) is 13.1 Å². The fourth-order valence-electron chi connectivity index (χ4n) is 3.75. The van der Waals surface area contributed by atoms with Gasteiger partial charge in [-0.2, -0.15) is 0 Å². The minimum Gasteiger partial charge on any atom is -0.358 e. The maximum Gasteiger partial charge on any atom is 0.250 e. The maximum atomic E-state index is 12.1. The predicted octanol–water partition coefficient (Wildman–Crippen LogP) is 2.40. The van der Waals surface area contributed by atoms with Gasteiger partial charge < -0.3 is 14.8 Å². The first-order chi connectivity index (χ1) is 11.2. The highest BCUT2D eigenvalue weighted by atomic mass is 32.1. The van der Waals surface area contributed by atoms with Crippen LogP contribution in [0.4, 0.5) is 0 Å². The van der Waals surface area contributed by atoms with Crippen molar-refractivity contribution in [1.29, 1.82) is 0 Å². The van der Waals surface area contributed by atoms with Crippen LogP contribution >= 0.6 is 23.6 Å². The number of nitrogens with one attached hydrogen (secondary N) is 1. The van der Waals surface area contributed by atoms with Crippen LogP contribution in [0.1, 0.15) is 22.9 Å². The van der Waals surface area contributed by atoms with E-state index >= 15 is 0 Å². The Kier molecular flexibility index (Phi) is 3.95. The smallest absolute Gasteiger partial charge is 0.250 e. The molecule has 0 aromatic carbocycles. The summed E-state index contributed by atoms with van der Waals surface area (Å²) in [6, 6.07) is 9.81. The van der Waals surface area contributed by atoms with Crippen LogP contribution in [-0.2, 0) is 13.1 Å². The zero-order chi connectivity index (χ0) is 15.8. The summed E-state index contributed by atoms with van der Waals surface area (Å²) in [6.45, 7) is 3.44. The number of aromatic nitrogens is 1. The summed E-state index contributed by atoms with van der Waals surface area (Å²) >= 11 is 7.34. The summed E-state index contributed by atoms with van der Waals surface area (Å²) in [5.41, 5.74) is 1.29. The number of nitrogens with zero attached hydrogens (tertiary/aromatic N) is 2. The van der Waals surface area contributed by atoms with Crippen LogP contribution in [0.25, 0.3) is 0 Å². The number of hydrogen-bond acceptors (Lipinski definition) is 3. The SMILES string of the molecule is O=c1cccc2n1C[C@@H]1C[C@H]2CN(C(=S)NCc2cccs2)C1. The second-order valence-electron chi connectivity index (χ2n) is 6.34. The van der Waals surface area contributed by atoms with Crippen molar-refractivity contribution in [3.05, 3.63) is 56.6 Å². The van der Waals surface area contributed by atoms with Gasteiger partial charge in [0.1, 0.15) is 0 Å². The van der Waals surface area contributed by atoms with Crippen LogP contribution < -0.4 is 10.9 Å². The van der Waals surface area contributed by atoms with Crippen molar-refractivity contribution in [2.45, 2.75) is 25.4 Å². The molecule has 2 atom stereocenters. The van der Waals surface area contributed by atoms with Gasteiger partial charge >= 0.3 is 0 Å². The zero-order valence-electron chi connectivity index (χ0n) is 12.8. The standard InChI is InChI=1S/C17H19N3OS2/c21-16-5-1-4-15-13-7-12(10-20(15)16)9-19(11-13)17(22)18-8-14-3-2-6-23-14/h1-6,12-13H,7-11H2,(H,18,22)/t12-,13+/m1/s1. The van der Waals surface area contributed by atoms with Gasteiger partial charge in [-0.3, -0.25) is 4.79 Å². The number of hydrogen-bond donors (Lipinski definition) is 1. The van der Waals surface area contributed by atoms with Crippen LogP contribution in [0.3, 0.4) is 0 Å². The molecule has 1 fully saturated rings. The second kappa shape index (κ2) is 6.09. The highest BCUT2D eigenvalue weighted by Crippen LogP contribution is 2.34. The zero-order valence-corrected chi connectivity index (χ0v) is 14.4. The Bertz CT molecular complexity index is 768. The Morgan fingerprint density at radius 3 is 3.00 bits per heavy atom. The van der Waals surface area contributed by atoms with Crippen LogP contribution in [-0.4, -0.2) is 27.7 Å². The van der Waals surface area contributed by atoms with E-state index in [2.05, 4.69) is 33.8 Å². The molecular formula is C17H19N3OS2. The van der Waals surface area contributed by atoms with E-state index < -0.39 is 0 Å². The lowest BCUT2D eigenvalue weighted by Gasteiger charge is -2.43. The van der Waals surface area contributed by atoms with Crippen LogP contribution in [0.15, 0.2) is 40.5 Å². The molecule has 2 bridgehead atoms. The Morgan fingerprint density at radius 2 is 2.17 bits per heavy atom. The quantitative estimate of drug-likeness (QED) is 0.848. The third kappa shape index (κ3) is 2.93.